The first-order valence-electron chi connectivity index (χ1n) is 9.04. The fraction of sp³-hybridized carbons (Fsp3) is 0.286. The number of ether oxygens (including phenoxy) is 2. The van der Waals surface area contributed by atoms with Crippen molar-refractivity contribution >= 4 is 5.91 Å². The van der Waals surface area contributed by atoms with Gasteiger partial charge in [0, 0.05) is 19.7 Å². The first kappa shape index (κ1) is 20.5. The van der Waals surface area contributed by atoms with E-state index in [4.69, 9.17) is 14.0 Å². The molecule has 0 N–H and O–H groups in total. The van der Waals surface area contributed by atoms with Crippen LogP contribution in [0.25, 0.3) is 0 Å². The van der Waals surface area contributed by atoms with Crippen molar-refractivity contribution in [1.82, 2.24) is 15.0 Å². The van der Waals surface area contributed by atoms with E-state index < -0.39 is 0 Å². The van der Waals surface area contributed by atoms with E-state index >= 15 is 0 Å². The molecule has 0 radical (unpaired) electrons. The zero-order valence-electron chi connectivity index (χ0n) is 16.5. The van der Waals surface area contributed by atoms with Gasteiger partial charge in [0.2, 0.25) is 5.89 Å². The van der Waals surface area contributed by atoms with E-state index in [0.717, 1.165) is 5.56 Å². The van der Waals surface area contributed by atoms with Crippen LogP contribution < -0.4 is 4.74 Å². The van der Waals surface area contributed by atoms with Crippen molar-refractivity contribution in [3.63, 3.8) is 0 Å². The normalized spacial score (nSPS) is 11.9. The summed E-state index contributed by atoms with van der Waals surface area (Å²) in [5.74, 6) is 0.789. The lowest BCUT2D eigenvalue weighted by molar-refractivity contribution is 0.0769. The molecule has 3 aromatic rings. The molecule has 1 unspecified atom stereocenters. The fourth-order valence-corrected chi connectivity index (χ4v) is 2.56. The van der Waals surface area contributed by atoms with Crippen LogP contribution in [-0.4, -0.2) is 35.1 Å². The average molecular weight is 399 g/mol. The van der Waals surface area contributed by atoms with Crippen molar-refractivity contribution in [3.05, 3.63) is 77.2 Å². The number of halogens is 1. The van der Waals surface area contributed by atoms with Gasteiger partial charge in [-0.25, -0.2) is 4.39 Å². The third-order valence-corrected chi connectivity index (χ3v) is 4.32. The van der Waals surface area contributed by atoms with Crippen LogP contribution in [0.2, 0.25) is 0 Å². The minimum absolute atomic E-state index is 0.170. The highest BCUT2D eigenvalue weighted by Gasteiger charge is 2.18. The molecule has 0 bridgehead atoms. The Labute approximate surface area is 168 Å². The summed E-state index contributed by atoms with van der Waals surface area (Å²) in [5.41, 5.74) is 1.30. The molecule has 1 amide bonds. The summed E-state index contributed by atoms with van der Waals surface area (Å²) in [7, 11) is 3.21. The molecule has 0 aliphatic rings. The second kappa shape index (κ2) is 9.29. The number of amides is 1. The highest BCUT2D eigenvalue weighted by molar-refractivity contribution is 5.94. The van der Waals surface area contributed by atoms with Gasteiger partial charge in [-0.3, -0.25) is 4.79 Å². The Kier molecular flexibility index (Phi) is 6.56. The van der Waals surface area contributed by atoms with Crippen LogP contribution in [0, 0.1) is 5.82 Å². The summed E-state index contributed by atoms with van der Waals surface area (Å²) in [6.07, 6.45) is -0.288. The molecule has 2 aromatic carbocycles. The van der Waals surface area contributed by atoms with E-state index in [9.17, 15) is 9.18 Å². The zero-order valence-corrected chi connectivity index (χ0v) is 16.5. The summed E-state index contributed by atoms with van der Waals surface area (Å²) in [6, 6.07) is 12.9. The average Bonchev–Trinajstić information content (AvgIpc) is 3.21. The molecule has 0 spiro atoms. The van der Waals surface area contributed by atoms with Crippen LogP contribution in [0.4, 0.5) is 4.39 Å². The molecule has 0 fully saturated rings. The van der Waals surface area contributed by atoms with Gasteiger partial charge >= 0.3 is 0 Å². The maximum atomic E-state index is 13.0. The highest BCUT2D eigenvalue weighted by Crippen LogP contribution is 2.18. The van der Waals surface area contributed by atoms with Crippen molar-refractivity contribution in [2.24, 2.45) is 0 Å². The maximum absolute atomic E-state index is 13.0. The van der Waals surface area contributed by atoms with Gasteiger partial charge in [0.25, 0.3) is 5.91 Å². The molecule has 152 valence electrons. The van der Waals surface area contributed by atoms with Crippen LogP contribution in [0.15, 0.2) is 53.1 Å². The first-order chi connectivity index (χ1) is 14.0. The molecule has 1 heterocycles. The number of hydrogen-bond donors (Lipinski definition) is 0. The minimum Gasteiger partial charge on any atom is -0.489 e. The molecule has 1 atom stereocenters. The zero-order chi connectivity index (χ0) is 20.8. The maximum Gasteiger partial charge on any atom is 0.254 e. The van der Waals surface area contributed by atoms with Crippen LogP contribution >= 0.6 is 0 Å². The number of hydrogen-bond acceptors (Lipinski definition) is 6. The summed E-state index contributed by atoms with van der Waals surface area (Å²) in [4.78, 5) is 18.4. The molecule has 0 saturated carbocycles. The van der Waals surface area contributed by atoms with Gasteiger partial charge in [0.05, 0.1) is 6.54 Å². The number of carbonyl (C=O) groups is 1. The smallest absolute Gasteiger partial charge is 0.254 e. The Hall–Kier alpha value is -3.26. The second-order valence-corrected chi connectivity index (χ2v) is 6.53. The van der Waals surface area contributed by atoms with Crippen molar-refractivity contribution in [3.8, 4) is 5.75 Å². The summed E-state index contributed by atoms with van der Waals surface area (Å²) in [6.45, 7) is 2.25. The topological polar surface area (TPSA) is 77.7 Å². The van der Waals surface area contributed by atoms with Gasteiger partial charge < -0.3 is 18.9 Å². The van der Waals surface area contributed by atoms with Gasteiger partial charge in [0.15, 0.2) is 5.82 Å². The van der Waals surface area contributed by atoms with E-state index in [2.05, 4.69) is 10.1 Å². The molecular weight excluding hydrogens is 377 g/mol. The fourth-order valence-electron chi connectivity index (χ4n) is 2.56. The lowest BCUT2D eigenvalue weighted by atomic mass is 10.2. The number of rotatable bonds is 8. The molecule has 3 rings (SSSR count). The van der Waals surface area contributed by atoms with Gasteiger partial charge in [-0.05, 0) is 42.8 Å². The van der Waals surface area contributed by atoms with Crippen molar-refractivity contribution in [1.29, 1.82) is 0 Å². The van der Waals surface area contributed by atoms with E-state index in [1.54, 1.807) is 57.5 Å². The molecular formula is C21H22FN3O4. The Morgan fingerprint density at radius 2 is 2.00 bits per heavy atom. The van der Waals surface area contributed by atoms with Gasteiger partial charge in [-0.1, -0.05) is 23.4 Å². The molecule has 0 aliphatic carbocycles. The quantitative estimate of drug-likeness (QED) is 0.574. The van der Waals surface area contributed by atoms with E-state index in [1.165, 1.54) is 17.0 Å². The molecule has 0 saturated heterocycles. The Balaban J connectivity index is 1.62. The monoisotopic (exact) mass is 399 g/mol. The third kappa shape index (κ3) is 5.39. The van der Waals surface area contributed by atoms with Crippen LogP contribution in [0.1, 0.15) is 40.7 Å². The van der Waals surface area contributed by atoms with Crippen LogP contribution in [0.3, 0.4) is 0 Å². The number of aromatic nitrogens is 2. The summed E-state index contributed by atoms with van der Waals surface area (Å²) in [5, 5.41) is 3.85. The highest BCUT2D eigenvalue weighted by atomic mass is 19.1. The van der Waals surface area contributed by atoms with Gasteiger partial charge in [0.1, 0.15) is 24.3 Å². The molecule has 29 heavy (non-hydrogen) atoms. The number of methoxy groups -OCH3 is 1. The standard InChI is InChI=1S/C21H22FN3O4/c1-14(27-3)20-23-19(29-24-20)12-25(2)21(26)16-5-4-6-18(11-16)28-13-15-7-9-17(22)10-8-15/h4-11,14H,12-13H2,1-3H3. The molecule has 8 heteroatoms. The number of nitrogens with zero attached hydrogens (tertiary/aromatic N) is 3. The van der Waals surface area contributed by atoms with Crippen molar-refractivity contribution < 1.29 is 23.2 Å². The SMILES string of the molecule is COC(C)c1noc(CN(C)C(=O)c2cccc(OCc3ccc(F)cc3)c2)n1. The van der Waals surface area contributed by atoms with Crippen LogP contribution in [0.5, 0.6) is 5.75 Å². The summed E-state index contributed by atoms with van der Waals surface area (Å²) >= 11 is 0. The Bertz CT molecular complexity index is 959. The largest absolute Gasteiger partial charge is 0.489 e. The van der Waals surface area contributed by atoms with Crippen molar-refractivity contribution in [2.75, 3.05) is 14.2 Å². The van der Waals surface area contributed by atoms with Crippen LogP contribution in [-0.2, 0) is 17.9 Å². The van der Waals surface area contributed by atoms with E-state index in [1.807, 2.05) is 0 Å². The third-order valence-electron chi connectivity index (χ3n) is 4.32. The van der Waals surface area contributed by atoms with Gasteiger partial charge in [-0.2, -0.15) is 4.98 Å². The van der Waals surface area contributed by atoms with Crippen molar-refractivity contribution in [2.45, 2.75) is 26.2 Å². The number of carbonyl (C=O) groups excluding carboxylic acids is 1. The van der Waals surface area contributed by atoms with E-state index in [-0.39, 0.29) is 31.0 Å². The first-order valence-corrected chi connectivity index (χ1v) is 9.04. The predicted molar refractivity (Wildman–Crippen MR) is 103 cm³/mol. The molecule has 1 aromatic heterocycles. The van der Waals surface area contributed by atoms with E-state index in [0.29, 0.717) is 23.0 Å². The lowest BCUT2D eigenvalue weighted by Crippen LogP contribution is -2.26. The Morgan fingerprint density at radius 3 is 2.72 bits per heavy atom. The lowest BCUT2D eigenvalue weighted by Gasteiger charge is -2.15. The summed E-state index contributed by atoms with van der Waals surface area (Å²) < 4.78 is 29.0. The molecule has 0 aliphatic heterocycles. The van der Waals surface area contributed by atoms with Gasteiger partial charge in [-0.15, -0.1) is 0 Å². The molecule has 7 nitrogen and oxygen atoms in total. The second-order valence-electron chi connectivity index (χ2n) is 6.53. The minimum atomic E-state index is -0.297. The predicted octanol–water partition coefficient (Wildman–Crippen LogP) is 3.77. The number of benzene rings is 2. The Morgan fingerprint density at radius 1 is 1.24 bits per heavy atom.